The Labute approximate surface area is 155 Å². The first-order chi connectivity index (χ1) is 13.3. The van der Waals surface area contributed by atoms with Crippen molar-refractivity contribution in [2.75, 3.05) is 11.9 Å². The van der Waals surface area contributed by atoms with Crippen LogP contribution >= 0.6 is 0 Å². The first-order valence-electron chi connectivity index (χ1n) is 8.46. The van der Waals surface area contributed by atoms with Gasteiger partial charge in [-0.05, 0) is 36.6 Å². The number of aryl methyl sites for hydroxylation is 1. The third-order valence-corrected chi connectivity index (χ3v) is 4.22. The summed E-state index contributed by atoms with van der Waals surface area (Å²) in [5.74, 6) is 1.18. The molecule has 4 rings (SSSR count). The van der Waals surface area contributed by atoms with E-state index in [1.54, 1.807) is 29.3 Å². The highest BCUT2D eigenvalue weighted by Gasteiger charge is 2.12. The first-order valence-corrected chi connectivity index (χ1v) is 8.46. The Morgan fingerprint density at radius 2 is 2.00 bits per heavy atom. The van der Waals surface area contributed by atoms with Crippen LogP contribution in [0.5, 0.6) is 0 Å². The fraction of sp³-hybridized carbons (Fsp3) is 0.158. The van der Waals surface area contributed by atoms with E-state index in [1.807, 2.05) is 25.1 Å². The second kappa shape index (κ2) is 7.17. The third-order valence-electron chi connectivity index (χ3n) is 4.22. The number of hydrogen-bond acceptors (Lipinski definition) is 7. The second-order valence-corrected chi connectivity index (χ2v) is 6.00. The fourth-order valence-electron chi connectivity index (χ4n) is 2.86. The molecule has 0 atom stereocenters. The van der Waals surface area contributed by atoms with Crippen LogP contribution in [0.1, 0.15) is 16.7 Å². The van der Waals surface area contributed by atoms with Gasteiger partial charge in [0.2, 0.25) is 0 Å². The topological polar surface area (TPSA) is 105 Å². The number of benzene rings is 1. The van der Waals surface area contributed by atoms with Crippen molar-refractivity contribution in [1.82, 2.24) is 29.7 Å². The SMILES string of the molecule is Cc1cc(CCNc2ncnc3c2cnn3-c2ncccn2)ccc1C#N. The number of fused-ring (bicyclic) bond motifs is 1. The summed E-state index contributed by atoms with van der Waals surface area (Å²) in [5, 5.41) is 17.5. The molecule has 0 fully saturated rings. The van der Waals surface area contributed by atoms with Crippen LogP contribution in [0.25, 0.3) is 17.0 Å². The van der Waals surface area contributed by atoms with Crippen LogP contribution in [0.2, 0.25) is 0 Å². The largest absolute Gasteiger partial charge is 0.369 e. The number of nitrogens with zero attached hydrogens (tertiary/aromatic N) is 7. The molecule has 0 aliphatic carbocycles. The highest BCUT2D eigenvalue weighted by atomic mass is 15.4. The van der Waals surface area contributed by atoms with Crippen molar-refractivity contribution in [1.29, 1.82) is 5.26 Å². The zero-order valence-corrected chi connectivity index (χ0v) is 14.7. The van der Waals surface area contributed by atoms with Gasteiger partial charge in [-0.15, -0.1) is 0 Å². The second-order valence-electron chi connectivity index (χ2n) is 6.00. The maximum atomic E-state index is 9.03. The standard InChI is InChI=1S/C19H16N8/c1-13-9-14(3-4-15(13)10-20)5-8-21-17-16-11-26-27(18(16)25-12-24-17)19-22-6-2-7-23-19/h2-4,6-7,9,11-12H,5,8H2,1H3,(H,21,24,25). The molecule has 1 N–H and O–H groups in total. The minimum absolute atomic E-state index is 0.463. The predicted molar refractivity (Wildman–Crippen MR) is 100 cm³/mol. The van der Waals surface area contributed by atoms with Gasteiger partial charge >= 0.3 is 0 Å². The van der Waals surface area contributed by atoms with Gasteiger partial charge in [0.25, 0.3) is 5.95 Å². The highest BCUT2D eigenvalue weighted by Crippen LogP contribution is 2.20. The molecule has 0 aliphatic rings. The zero-order valence-electron chi connectivity index (χ0n) is 14.7. The summed E-state index contributed by atoms with van der Waals surface area (Å²) in [7, 11) is 0. The van der Waals surface area contributed by atoms with Crippen LogP contribution in [0.15, 0.2) is 49.2 Å². The van der Waals surface area contributed by atoms with Gasteiger partial charge in [-0.3, -0.25) is 0 Å². The summed E-state index contributed by atoms with van der Waals surface area (Å²) in [6.07, 6.45) is 7.34. The monoisotopic (exact) mass is 356 g/mol. The Balaban J connectivity index is 1.52. The van der Waals surface area contributed by atoms with Crippen LogP contribution in [0, 0.1) is 18.3 Å². The van der Waals surface area contributed by atoms with Crippen molar-refractivity contribution in [2.24, 2.45) is 0 Å². The Bertz CT molecular complexity index is 1130. The fourth-order valence-corrected chi connectivity index (χ4v) is 2.86. The van der Waals surface area contributed by atoms with E-state index in [2.05, 4.69) is 36.4 Å². The maximum Gasteiger partial charge on any atom is 0.252 e. The molecule has 0 aliphatic heterocycles. The molecule has 0 radical (unpaired) electrons. The molecule has 0 spiro atoms. The molecule has 0 unspecified atom stereocenters. The van der Waals surface area contributed by atoms with Crippen LogP contribution in [0.4, 0.5) is 5.82 Å². The minimum Gasteiger partial charge on any atom is -0.369 e. The summed E-state index contributed by atoms with van der Waals surface area (Å²) in [4.78, 5) is 17.1. The minimum atomic E-state index is 0.463. The lowest BCUT2D eigenvalue weighted by atomic mass is 10.0. The number of nitrogens with one attached hydrogen (secondary N) is 1. The van der Waals surface area contributed by atoms with Gasteiger partial charge in [0.05, 0.1) is 23.2 Å². The lowest BCUT2D eigenvalue weighted by molar-refractivity contribution is 0.822. The summed E-state index contributed by atoms with van der Waals surface area (Å²) in [6, 6.07) is 9.82. The van der Waals surface area contributed by atoms with Gasteiger partial charge in [0, 0.05) is 18.9 Å². The van der Waals surface area contributed by atoms with E-state index >= 15 is 0 Å². The molecular weight excluding hydrogens is 340 g/mol. The lowest BCUT2D eigenvalue weighted by Gasteiger charge is -2.08. The van der Waals surface area contributed by atoms with E-state index in [4.69, 9.17) is 5.26 Å². The van der Waals surface area contributed by atoms with Gasteiger partial charge in [-0.25, -0.2) is 19.9 Å². The third kappa shape index (κ3) is 3.30. The molecule has 3 heterocycles. The first kappa shape index (κ1) is 16.6. The van der Waals surface area contributed by atoms with Crippen LogP contribution in [0.3, 0.4) is 0 Å². The molecule has 132 valence electrons. The van der Waals surface area contributed by atoms with Gasteiger partial charge in [0.1, 0.15) is 12.1 Å². The van der Waals surface area contributed by atoms with Crippen LogP contribution in [-0.2, 0) is 6.42 Å². The summed E-state index contributed by atoms with van der Waals surface area (Å²) < 4.78 is 1.59. The Kier molecular flexibility index (Phi) is 4.41. The summed E-state index contributed by atoms with van der Waals surface area (Å²) >= 11 is 0. The average Bonchev–Trinajstić information content (AvgIpc) is 3.14. The molecule has 1 aromatic carbocycles. The molecule has 0 amide bonds. The zero-order chi connectivity index (χ0) is 18.6. The molecule has 0 saturated carbocycles. The number of nitriles is 1. The smallest absolute Gasteiger partial charge is 0.252 e. The number of anilines is 1. The van der Waals surface area contributed by atoms with Crippen molar-refractivity contribution < 1.29 is 0 Å². The molecule has 4 aromatic rings. The summed E-state index contributed by atoms with van der Waals surface area (Å²) in [5.41, 5.74) is 3.51. The van der Waals surface area contributed by atoms with E-state index < -0.39 is 0 Å². The predicted octanol–water partition coefficient (Wildman–Crippen LogP) is 2.44. The van der Waals surface area contributed by atoms with Gasteiger partial charge in [0.15, 0.2) is 5.65 Å². The van der Waals surface area contributed by atoms with Gasteiger partial charge < -0.3 is 5.32 Å². The lowest BCUT2D eigenvalue weighted by Crippen LogP contribution is -2.08. The van der Waals surface area contributed by atoms with E-state index in [1.165, 1.54) is 6.33 Å². The Morgan fingerprint density at radius 3 is 2.78 bits per heavy atom. The molecule has 8 nitrogen and oxygen atoms in total. The molecule has 0 saturated heterocycles. The number of rotatable bonds is 5. The Hall–Kier alpha value is -3.86. The van der Waals surface area contributed by atoms with Crippen molar-refractivity contribution in [3.63, 3.8) is 0 Å². The molecule has 3 aromatic heterocycles. The Morgan fingerprint density at radius 1 is 1.15 bits per heavy atom. The van der Waals surface area contributed by atoms with Crippen molar-refractivity contribution in [3.8, 4) is 12.0 Å². The molecule has 8 heteroatoms. The van der Waals surface area contributed by atoms with Crippen LogP contribution < -0.4 is 5.32 Å². The van der Waals surface area contributed by atoms with Gasteiger partial charge in [-0.2, -0.15) is 15.0 Å². The number of hydrogen-bond donors (Lipinski definition) is 1. The maximum absolute atomic E-state index is 9.03. The normalized spacial score (nSPS) is 10.7. The van der Waals surface area contributed by atoms with Gasteiger partial charge in [-0.1, -0.05) is 12.1 Å². The molecule has 27 heavy (non-hydrogen) atoms. The quantitative estimate of drug-likeness (QED) is 0.585. The molecular formula is C19H16N8. The average molecular weight is 356 g/mol. The van der Waals surface area contributed by atoms with E-state index in [9.17, 15) is 0 Å². The van der Waals surface area contributed by atoms with Crippen molar-refractivity contribution in [3.05, 3.63) is 65.9 Å². The number of aromatic nitrogens is 6. The molecule has 0 bridgehead atoms. The van der Waals surface area contributed by atoms with Crippen molar-refractivity contribution >= 4 is 16.9 Å². The van der Waals surface area contributed by atoms with E-state index in [-0.39, 0.29) is 0 Å². The van der Waals surface area contributed by atoms with E-state index in [0.29, 0.717) is 29.5 Å². The van der Waals surface area contributed by atoms with Crippen molar-refractivity contribution in [2.45, 2.75) is 13.3 Å². The van der Waals surface area contributed by atoms with E-state index in [0.717, 1.165) is 22.9 Å². The highest BCUT2D eigenvalue weighted by molar-refractivity contribution is 5.86. The van der Waals surface area contributed by atoms with Crippen LogP contribution in [-0.4, -0.2) is 36.3 Å². The summed E-state index contributed by atoms with van der Waals surface area (Å²) in [6.45, 7) is 2.65.